The molecule has 3 heterocycles. The van der Waals surface area contributed by atoms with Gasteiger partial charge in [-0.15, -0.1) is 0 Å². The predicted molar refractivity (Wildman–Crippen MR) is 87.1 cm³/mol. The van der Waals surface area contributed by atoms with Crippen LogP contribution in [0.25, 0.3) is 0 Å². The summed E-state index contributed by atoms with van der Waals surface area (Å²) < 4.78 is 5.70. The Labute approximate surface area is 132 Å². The van der Waals surface area contributed by atoms with E-state index in [4.69, 9.17) is 4.52 Å². The van der Waals surface area contributed by atoms with Crippen molar-refractivity contribution in [1.29, 1.82) is 0 Å². The molecular weight excluding hydrogens is 272 g/mol. The van der Waals surface area contributed by atoms with Crippen molar-refractivity contribution in [3.63, 3.8) is 0 Å². The monoisotopic (exact) mass is 296 g/mol. The molecule has 116 valence electrons. The van der Waals surface area contributed by atoms with E-state index in [2.05, 4.69) is 54.4 Å². The molecule has 2 aromatic rings. The maximum absolute atomic E-state index is 5.70. The highest BCUT2D eigenvalue weighted by Gasteiger charge is 2.47. The van der Waals surface area contributed by atoms with Crippen molar-refractivity contribution in [2.24, 2.45) is 0 Å². The summed E-state index contributed by atoms with van der Waals surface area (Å²) >= 11 is 0. The third kappa shape index (κ3) is 2.19. The maximum Gasteiger partial charge on any atom is 0.142 e. The van der Waals surface area contributed by atoms with Gasteiger partial charge in [0.2, 0.25) is 0 Å². The standard InChI is InChI=1S/C19H24N2O/c1-12-4-6-14(7-5-12)16-11-15-8-9-17(21(15)3)19(16)18-10-13(2)20-22-18/h4-7,10,15-17,19H,8-9,11H2,1-3H3/t15-,16+,17+,19-/m0/s1. The molecule has 4 atom stereocenters. The molecule has 0 N–H and O–H groups in total. The van der Waals surface area contributed by atoms with Gasteiger partial charge in [-0.05, 0) is 51.6 Å². The molecule has 2 aliphatic heterocycles. The van der Waals surface area contributed by atoms with Crippen molar-refractivity contribution in [2.75, 3.05) is 7.05 Å². The van der Waals surface area contributed by atoms with Gasteiger partial charge in [-0.2, -0.15) is 0 Å². The van der Waals surface area contributed by atoms with E-state index in [9.17, 15) is 0 Å². The Morgan fingerprint density at radius 3 is 2.59 bits per heavy atom. The number of aryl methyl sites for hydroxylation is 2. The molecule has 4 rings (SSSR count). The molecule has 2 fully saturated rings. The van der Waals surface area contributed by atoms with E-state index in [1.807, 2.05) is 6.92 Å². The molecule has 2 bridgehead atoms. The van der Waals surface area contributed by atoms with Gasteiger partial charge in [0.05, 0.1) is 5.69 Å². The normalized spacial score (nSPS) is 31.6. The molecule has 0 amide bonds. The summed E-state index contributed by atoms with van der Waals surface area (Å²) in [4.78, 5) is 2.58. The Morgan fingerprint density at radius 2 is 1.91 bits per heavy atom. The summed E-state index contributed by atoms with van der Waals surface area (Å²) in [6, 6.07) is 12.5. The first kappa shape index (κ1) is 14.0. The number of fused-ring (bicyclic) bond motifs is 2. The van der Waals surface area contributed by atoms with Gasteiger partial charge in [-0.3, -0.25) is 4.90 Å². The number of aromatic nitrogens is 1. The number of hydrogen-bond acceptors (Lipinski definition) is 3. The molecule has 3 nitrogen and oxygen atoms in total. The molecule has 0 saturated carbocycles. The smallest absolute Gasteiger partial charge is 0.142 e. The van der Waals surface area contributed by atoms with Crippen LogP contribution in [-0.4, -0.2) is 29.2 Å². The molecule has 1 aromatic heterocycles. The average Bonchev–Trinajstić information content (AvgIpc) is 3.02. The van der Waals surface area contributed by atoms with Crippen LogP contribution in [0.1, 0.15) is 53.7 Å². The largest absolute Gasteiger partial charge is 0.361 e. The minimum atomic E-state index is 0.424. The Kier molecular flexibility index (Phi) is 3.33. The molecular formula is C19H24N2O. The van der Waals surface area contributed by atoms with Gasteiger partial charge in [0.1, 0.15) is 5.76 Å². The van der Waals surface area contributed by atoms with E-state index in [1.54, 1.807) is 0 Å². The molecule has 2 aliphatic rings. The first-order valence-corrected chi connectivity index (χ1v) is 8.35. The Bertz CT molecular complexity index is 660. The van der Waals surface area contributed by atoms with Crippen LogP contribution in [0.4, 0.5) is 0 Å². The van der Waals surface area contributed by atoms with E-state index in [-0.39, 0.29) is 0 Å². The maximum atomic E-state index is 5.70. The fraction of sp³-hybridized carbons (Fsp3) is 0.526. The van der Waals surface area contributed by atoms with Crippen molar-refractivity contribution in [3.05, 3.63) is 52.9 Å². The first-order chi connectivity index (χ1) is 10.6. The van der Waals surface area contributed by atoms with Crippen LogP contribution < -0.4 is 0 Å². The second-order valence-corrected chi connectivity index (χ2v) is 7.11. The number of nitrogens with zero attached hydrogens (tertiary/aromatic N) is 2. The Morgan fingerprint density at radius 1 is 1.14 bits per heavy atom. The zero-order chi connectivity index (χ0) is 15.3. The average molecular weight is 296 g/mol. The van der Waals surface area contributed by atoms with Gasteiger partial charge >= 0.3 is 0 Å². The van der Waals surface area contributed by atoms with Crippen LogP contribution in [0.2, 0.25) is 0 Å². The molecule has 22 heavy (non-hydrogen) atoms. The third-order valence-corrected chi connectivity index (χ3v) is 5.75. The summed E-state index contributed by atoms with van der Waals surface area (Å²) in [5.74, 6) is 2.04. The molecule has 0 aliphatic carbocycles. The van der Waals surface area contributed by atoms with Crippen molar-refractivity contribution in [2.45, 2.75) is 57.0 Å². The third-order valence-electron chi connectivity index (χ3n) is 5.75. The molecule has 0 spiro atoms. The van der Waals surface area contributed by atoms with E-state index in [0.29, 0.717) is 17.9 Å². The highest BCUT2D eigenvalue weighted by Crippen LogP contribution is 2.50. The van der Waals surface area contributed by atoms with E-state index >= 15 is 0 Å². The van der Waals surface area contributed by atoms with Crippen molar-refractivity contribution < 1.29 is 4.52 Å². The number of benzene rings is 1. The number of piperidine rings is 1. The fourth-order valence-corrected chi connectivity index (χ4v) is 4.55. The van der Waals surface area contributed by atoms with Gasteiger partial charge in [0.25, 0.3) is 0 Å². The van der Waals surface area contributed by atoms with E-state index < -0.39 is 0 Å². The lowest BCUT2D eigenvalue weighted by Crippen LogP contribution is -2.44. The lowest BCUT2D eigenvalue weighted by atomic mass is 9.75. The second kappa shape index (κ2) is 5.24. The van der Waals surface area contributed by atoms with Crippen LogP contribution in [0.3, 0.4) is 0 Å². The van der Waals surface area contributed by atoms with E-state index in [1.165, 1.54) is 30.4 Å². The topological polar surface area (TPSA) is 29.3 Å². The van der Waals surface area contributed by atoms with Crippen molar-refractivity contribution in [1.82, 2.24) is 10.1 Å². The summed E-state index contributed by atoms with van der Waals surface area (Å²) in [5.41, 5.74) is 3.77. The van der Waals surface area contributed by atoms with Crippen LogP contribution in [0.15, 0.2) is 34.9 Å². The van der Waals surface area contributed by atoms with Crippen LogP contribution >= 0.6 is 0 Å². The minimum absolute atomic E-state index is 0.424. The minimum Gasteiger partial charge on any atom is -0.361 e. The zero-order valence-corrected chi connectivity index (χ0v) is 13.6. The zero-order valence-electron chi connectivity index (χ0n) is 13.6. The van der Waals surface area contributed by atoms with Gasteiger partial charge in [-0.1, -0.05) is 35.0 Å². The Balaban J connectivity index is 1.76. The highest BCUT2D eigenvalue weighted by molar-refractivity contribution is 5.31. The SMILES string of the molecule is Cc1ccc([C@H]2C[C@@H]3CC[C@H]([C@H]2c2cc(C)no2)N3C)cc1. The van der Waals surface area contributed by atoms with Gasteiger partial charge in [0, 0.05) is 24.1 Å². The van der Waals surface area contributed by atoms with Crippen LogP contribution in [0.5, 0.6) is 0 Å². The summed E-state index contributed by atoms with van der Waals surface area (Å²) in [7, 11) is 2.28. The number of hydrogen-bond donors (Lipinski definition) is 0. The first-order valence-electron chi connectivity index (χ1n) is 8.35. The number of rotatable bonds is 2. The molecule has 1 aromatic carbocycles. The second-order valence-electron chi connectivity index (χ2n) is 7.11. The van der Waals surface area contributed by atoms with Gasteiger partial charge in [-0.25, -0.2) is 0 Å². The van der Waals surface area contributed by atoms with Gasteiger partial charge < -0.3 is 4.52 Å². The lowest BCUT2D eigenvalue weighted by molar-refractivity contribution is 0.122. The van der Waals surface area contributed by atoms with E-state index in [0.717, 1.165) is 17.5 Å². The van der Waals surface area contributed by atoms with Gasteiger partial charge in [0.15, 0.2) is 0 Å². The molecule has 2 saturated heterocycles. The van der Waals surface area contributed by atoms with Crippen molar-refractivity contribution in [3.8, 4) is 0 Å². The molecule has 0 radical (unpaired) electrons. The summed E-state index contributed by atoms with van der Waals surface area (Å²) in [6.07, 6.45) is 3.81. The van der Waals surface area contributed by atoms with Crippen molar-refractivity contribution >= 4 is 0 Å². The predicted octanol–water partition coefficient (Wildman–Crippen LogP) is 4.03. The van der Waals surface area contributed by atoms with Crippen LogP contribution in [-0.2, 0) is 0 Å². The number of likely N-dealkylation sites (N-methyl/N-ethyl adjacent to an activating group) is 1. The fourth-order valence-electron chi connectivity index (χ4n) is 4.55. The van der Waals surface area contributed by atoms with Crippen LogP contribution in [0, 0.1) is 13.8 Å². The molecule has 3 heteroatoms. The molecule has 0 unspecified atom stereocenters. The quantitative estimate of drug-likeness (QED) is 0.838. The lowest BCUT2D eigenvalue weighted by Gasteiger charge is -2.42. The highest BCUT2D eigenvalue weighted by atomic mass is 16.5. The summed E-state index contributed by atoms with van der Waals surface area (Å²) in [5, 5.41) is 4.15. The Hall–Kier alpha value is -1.61. The summed E-state index contributed by atoms with van der Waals surface area (Å²) in [6.45, 7) is 4.16.